The number of hydrogen-bond donors (Lipinski definition) is 2. The SMILES string of the molecule is C=C(/C=C\C=C/C)[C@@H](CCN)Oc1cc(Cl)cc2c1C(=O)NC2. The van der Waals surface area contributed by atoms with E-state index in [1.165, 1.54) is 0 Å². The fourth-order valence-electron chi connectivity index (χ4n) is 2.41. The molecule has 1 aromatic carbocycles. The van der Waals surface area contributed by atoms with Crippen molar-refractivity contribution < 1.29 is 9.53 Å². The van der Waals surface area contributed by atoms with E-state index in [2.05, 4.69) is 11.9 Å². The van der Waals surface area contributed by atoms with Gasteiger partial charge in [0, 0.05) is 18.0 Å². The number of fused-ring (bicyclic) bond motifs is 1. The van der Waals surface area contributed by atoms with E-state index in [0.29, 0.717) is 35.8 Å². The van der Waals surface area contributed by atoms with Crippen LogP contribution in [0.1, 0.15) is 29.3 Å². The zero-order valence-electron chi connectivity index (χ0n) is 13.1. The van der Waals surface area contributed by atoms with Gasteiger partial charge in [0.1, 0.15) is 11.9 Å². The number of nitrogens with one attached hydrogen (secondary N) is 1. The first kappa shape index (κ1) is 17.3. The van der Waals surface area contributed by atoms with E-state index in [4.69, 9.17) is 22.1 Å². The number of amides is 1. The second kappa shape index (κ2) is 7.99. The molecule has 1 amide bonds. The molecule has 122 valence electrons. The molecule has 1 atom stereocenters. The van der Waals surface area contributed by atoms with Gasteiger partial charge in [0.25, 0.3) is 5.91 Å². The summed E-state index contributed by atoms with van der Waals surface area (Å²) in [5.41, 5.74) is 7.86. The third-order valence-electron chi connectivity index (χ3n) is 3.54. The minimum absolute atomic E-state index is 0.145. The highest BCUT2D eigenvalue weighted by molar-refractivity contribution is 6.31. The minimum atomic E-state index is -0.308. The Labute approximate surface area is 141 Å². The number of hydrogen-bond acceptors (Lipinski definition) is 3. The molecule has 3 N–H and O–H groups in total. The smallest absolute Gasteiger partial charge is 0.255 e. The molecule has 0 spiro atoms. The van der Waals surface area contributed by atoms with Crippen LogP contribution in [0.2, 0.25) is 5.02 Å². The molecule has 4 nitrogen and oxygen atoms in total. The number of rotatable bonds is 7. The molecule has 1 aliphatic rings. The van der Waals surface area contributed by atoms with Gasteiger partial charge in [-0.15, -0.1) is 0 Å². The quantitative estimate of drug-likeness (QED) is 0.752. The summed E-state index contributed by atoms with van der Waals surface area (Å²) in [6, 6.07) is 3.44. The summed E-state index contributed by atoms with van der Waals surface area (Å²) < 4.78 is 6.04. The van der Waals surface area contributed by atoms with Crippen molar-refractivity contribution in [3.05, 3.63) is 64.7 Å². The second-order valence-electron chi connectivity index (χ2n) is 5.26. The molecule has 0 fully saturated rings. The molecular formula is C18H21ClN2O2. The summed E-state index contributed by atoms with van der Waals surface area (Å²) in [5.74, 6) is 0.328. The van der Waals surface area contributed by atoms with Crippen LogP contribution in [0.3, 0.4) is 0 Å². The Bertz CT molecular complexity index is 665. The van der Waals surface area contributed by atoms with E-state index in [1.54, 1.807) is 12.1 Å². The third kappa shape index (κ3) is 4.24. The molecule has 0 aromatic heterocycles. The largest absolute Gasteiger partial charge is 0.485 e. The van der Waals surface area contributed by atoms with Gasteiger partial charge in [-0.3, -0.25) is 4.79 Å². The van der Waals surface area contributed by atoms with Crippen LogP contribution in [0.25, 0.3) is 0 Å². The Balaban J connectivity index is 2.27. The molecule has 0 unspecified atom stereocenters. The first-order chi connectivity index (χ1) is 11.1. The lowest BCUT2D eigenvalue weighted by Gasteiger charge is -2.20. The van der Waals surface area contributed by atoms with Gasteiger partial charge >= 0.3 is 0 Å². The Morgan fingerprint density at radius 3 is 3.00 bits per heavy atom. The molecule has 2 rings (SSSR count). The number of carbonyl (C=O) groups excluding carboxylic acids is 1. The Morgan fingerprint density at radius 1 is 1.52 bits per heavy atom. The lowest BCUT2D eigenvalue weighted by molar-refractivity contribution is 0.0960. The maximum Gasteiger partial charge on any atom is 0.255 e. The zero-order chi connectivity index (χ0) is 16.8. The van der Waals surface area contributed by atoms with Crippen LogP contribution in [0, 0.1) is 0 Å². The van der Waals surface area contributed by atoms with Crippen molar-refractivity contribution in [1.29, 1.82) is 0 Å². The predicted molar refractivity (Wildman–Crippen MR) is 93.8 cm³/mol. The van der Waals surface area contributed by atoms with Crippen LogP contribution in [-0.2, 0) is 6.54 Å². The van der Waals surface area contributed by atoms with Crippen molar-refractivity contribution in [3.8, 4) is 5.75 Å². The summed E-state index contributed by atoms with van der Waals surface area (Å²) in [5, 5.41) is 3.32. The normalized spacial score (nSPS) is 15.0. The van der Waals surface area contributed by atoms with Crippen LogP contribution >= 0.6 is 11.6 Å². The lowest BCUT2D eigenvalue weighted by Crippen LogP contribution is -2.23. The molecular weight excluding hydrogens is 312 g/mol. The van der Waals surface area contributed by atoms with E-state index in [9.17, 15) is 4.79 Å². The molecule has 1 aromatic rings. The monoisotopic (exact) mass is 332 g/mol. The molecule has 1 heterocycles. The minimum Gasteiger partial charge on any atom is -0.485 e. The number of ether oxygens (including phenoxy) is 1. The summed E-state index contributed by atoms with van der Waals surface area (Å²) in [7, 11) is 0. The number of allylic oxidation sites excluding steroid dienone is 3. The van der Waals surface area contributed by atoms with E-state index in [-0.39, 0.29) is 12.0 Å². The maximum atomic E-state index is 12.0. The Hall–Kier alpha value is -2.04. The zero-order valence-corrected chi connectivity index (χ0v) is 13.9. The van der Waals surface area contributed by atoms with Crippen molar-refractivity contribution in [3.63, 3.8) is 0 Å². The van der Waals surface area contributed by atoms with Crippen molar-refractivity contribution in [2.45, 2.75) is 26.0 Å². The molecule has 1 aliphatic heterocycles. The average molecular weight is 333 g/mol. The highest BCUT2D eigenvalue weighted by Gasteiger charge is 2.26. The van der Waals surface area contributed by atoms with E-state index in [1.807, 2.05) is 31.2 Å². The van der Waals surface area contributed by atoms with Gasteiger partial charge in [-0.25, -0.2) is 0 Å². The molecule has 23 heavy (non-hydrogen) atoms. The van der Waals surface area contributed by atoms with E-state index < -0.39 is 0 Å². The molecule has 0 saturated heterocycles. The number of nitrogens with two attached hydrogens (primary N) is 1. The van der Waals surface area contributed by atoms with Crippen molar-refractivity contribution in [2.24, 2.45) is 5.73 Å². The summed E-state index contributed by atoms with van der Waals surface area (Å²) in [6.07, 6.45) is 7.90. The van der Waals surface area contributed by atoms with Crippen molar-refractivity contribution >= 4 is 17.5 Å². The Kier molecular flexibility index (Phi) is 6.02. The highest BCUT2D eigenvalue weighted by Crippen LogP contribution is 2.32. The maximum absolute atomic E-state index is 12.0. The van der Waals surface area contributed by atoms with Gasteiger partial charge in [-0.05, 0) is 36.7 Å². The average Bonchev–Trinajstić information content (AvgIpc) is 2.88. The fourth-order valence-corrected chi connectivity index (χ4v) is 2.64. The number of carbonyl (C=O) groups is 1. The summed E-state index contributed by atoms with van der Waals surface area (Å²) >= 11 is 6.13. The Morgan fingerprint density at radius 2 is 2.30 bits per heavy atom. The van der Waals surface area contributed by atoms with E-state index in [0.717, 1.165) is 11.1 Å². The van der Waals surface area contributed by atoms with Crippen LogP contribution < -0.4 is 15.8 Å². The molecule has 0 aliphatic carbocycles. The number of benzene rings is 1. The van der Waals surface area contributed by atoms with Gasteiger partial charge in [-0.1, -0.05) is 42.5 Å². The van der Waals surface area contributed by atoms with Crippen LogP contribution in [0.4, 0.5) is 0 Å². The molecule has 0 saturated carbocycles. The van der Waals surface area contributed by atoms with Crippen LogP contribution in [0.5, 0.6) is 5.75 Å². The van der Waals surface area contributed by atoms with Crippen molar-refractivity contribution in [2.75, 3.05) is 6.54 Å². The summed E-state index contributed by atoms with van der Waals surface area (Å²) in [4.78, 5) is 12.0. The van der Waals surface area contributed by atoms with Gasteiger partial charge < -0.3 is 15.8 Å². The van der Waals surface area contributed by atoms with Gasteiger partial charge in [0.15, 0.2) is 0 Å². The lowest BCUT2D eigenvalue weighted by atomic mass is 10.1. The predicted octanol–water partition coefficient (Wildman–Crippen LogP) is 3.37. The van der Waals surface area contributed by atoms with Crippen LogP contribution in [-0.4, -0.2) is 18.6 Å². The van der Waals surface area contributed by atoms with Gasteiger partial charge in [-0.2, -0.15) is 0 Å². The first-order valence-corrected chi connectivity index (χ1v) is 7.90. The fraction of sp³-hybridized carbons (Fsp3) is 0.278. The van der Waals surface area contributed by atoms with Crippen LogP contribution in [0.15, 0.2) is 48.6 Å². The van der Waals surface area contributed by atoms with Gasteiger partial charge in [0.05, 0.1) is 5.56 Å². The molecule has 0 bridgehead atoms. The number of halogens is 1. The summed E-state index contributed by atoms with van der Waals surface area (Å²) in [6.45, 7) is 6.90. The highest BCUT2D eigenvalue weighted by atomic mass is 35.5. The van der Waals surface area contributed by atoms with Gasteiger partial charge in [0.2, 0.25) is 0 Å². The van der Waals surface area contributed by atoms with Crippen molar-refractivity contribution in [1.82, 2.24) is 5.32 Å². The molecule has 0 radical (unpaired) electrons. The third-order valence-corrected chi connectivity index (χ3v) is 3.76. The topological polar surface area (TPSA) is 64.3 Å². The van der Waals surface area contributed by atoms with E-state index >= 15 is 0 Å². The first-order valence-electron chi connectivity index (χ1n) is 7.52. The molecule has 5 heteroatoms. The second-order valence-corrected chi connectivity index (χ2v) is 5.70. The standard InChI is InChI=1S/C18H21ClN2O2/c1-3-4-5-6-12(2)15(7-8-20)23-16-10-14(19)9-13-11-21-18(22)17(13)16/h3-6,9-10,15H,2,7-8,11,20H2,1H3,(H,21,22)/b4-3-,6-5-/t15-/m1/s1.